The highest BCUT2D eigenvalue weighted by molar-refractivity contribution is 7.91. The standard InChI is InChI=1S/C21H17N3O5S2/c22-31(28,29)18-9-7-15(30-18)11-23-19(25)14-6-8-16-17(10-14)21(27)24(20(16)26)12-13-4-2-1-3-5-13/h1-10H,11-12H2,(H,23,25)(H2,22,28,29). The summed E-state index contributed by atoms with van der Waals surface area (Å²) in [5, 5.41) is 7.76. The van der Waals surface area contributed by atoms with Gasteiger partial charge in [0.15, 0.2) is 0 Å². The normalized spacial score (nSPS) is 13.4. The molecular weight excluding hydrogens is 438 g/mol. The Morgan fingerprint density at radius 2 is 1.68 bits per heavy atom. The lowest BCUT2D eigenvalue weighted by Gasteiger charge is -2.13. The highest BCUT2D eigenvalue weighted by atomic mass is 32.2. The molecule has 158 valence electrons. The molecule has 2 heterocycles. The summed E-state index contributed by atoms with van der Waals surface area (Å²) in [5.74, 6) is -1.30. The van der Waals surface area contributed by atoms with Gasteiger partial charge in [-0.15, -0.1) is 11.3 Å². The molecule has 4 rings (SSSR count). The van der Waals surface area contributed by atoms with Crippen LogP contribution in [0.15, 0.2) is 64.9 Å². The number of primary sulfonamides is 1. The van der Waals surface area contributed by atoms with Gasteiger partial charge in [0.2, 0.25) is 10.0 Å². The van der Waals surface area contributed by atoms with Gasteiger partial charge < -0.3 is 5.32 Å². The minimum Gasteiger partial charge on any atom is -0.347 e. The number of imide groups is 1. The first-order chi connectivity index (χ1) is 14.7. The maximum atomic E-state index is 12.8. The third kappa shape index (κ3) is 4.26. The summed E-state index contributed by atoms with van der Waals surface area (Å²) < 4.78 is 22.7. The fourth-order valence-corrected chi connectivity index (χ4v) is 4.94. The van der Waals surface area contributed by atoms with Crippen molar-refractivity contribution in [2.24, 2.45) is 5.14 Å². The predicted octanol–water partition coefficient (Wildman–Crippen LogP) is 2.12. The van der Waals surface area contributed by atoms with E-state index in [1.807, 2.05) is 30.3 Å². The number of nitrogens with one attached hydrogen (secondary N) is 1. The van der Waals surface area contributed by atoms with Gasteiger partial charge in [-0.3, -0.25) is 19.3 Å². The van der Waals surface area contributed by atoms with Crippen LogP contribution in [0.5, 0.6) is 0 Å². The SMILES string of the molecule is NS(=O)(=O)c1ccc(CNC(=O)c2ccc3c(c2)C(=O)N(Cc2ccccc2)C3=O)s1. The van der Waals surface area contributed by atoms with Crippen molar-refractivity contribution in [2.75, 3.05) is 0 Å². The quantitative estimate of drug-likeness (QED) is 0.551. The molecule has 0 aliphatic carbocycles. The van der Waals surface area contributed by atoms with E-state index in [0.717, 1.165) is 21.8 Å². The van der Waals surface area contributed by atoms with Crippen LogP contribution in [-0.2, 0) is 23.1 Å². The van der Waals surface area contributed by atoms with Crippen LogP contribution in [0.3, 0.4) is 0 Å². The monoisotopic (exact) mass is 455 g/mol. The number of nitrogens with two attached hydrogens (primary N) is 1. The van der Waals surface area contributed by atoms with E-state index in [1.54, 1.807) is 6.07 Å². The van der Waals surface area contributed by atoms with Gasteiger partial charge in [-0.1, -0.05) is 30.3 Å². The molecule has 3 amide bonds. The summed E-state index contributed by atoms with van der Waals surface area (Å²) in [6.45, 7) is 0.253. The van der Waals surface area contributed by atoms with Crippen LogP contribution >= 0.6 is 11.3 Å². The van der Waals surface area contributed by atoms with Gasteiger partial charge in [-0.2, -0.15) is 0 Å². The van der Waals surface area contributed by atoms with Gasteiger partial charge in [0.25, 0.3) is 17.7 Å². The van der Waals surface area contributed by atoms with Gasteiger partial charge in [0, 0.05) is 10.4 Å². The van der Waals surface area contributed by atoms with Gasteiger partial charge in [0.05, 0.1) is 24.2 Å². The molecule has 0 atom stereocenters. The molecule has 0 unspecified atom stereocenters. The molecule has 0 radical (unpaired) electrons. The maximum Gasteiger partial charge on any atom is 0.261 e. The Balaban J connectivity index is 1.48. The first kappa shape index (κ1) is 20.9. The Hall–Kier alpha value is -3.34. The average Bonchev–Trinajstić information content (AvgIpc) is 3.32. The second-order valence-electron chi connectivity index (χ2n) is 6.89. The molecule has 0 bridgehead atoms. The van der Waals surface area contributed by atoms with Crippen LogP contribution in [0.25, 0.3) is 0 Å². The Morgan fingerprint density at radius 1 is 0.968 bits per heavy atom. The fraction of sp³-hybridized carbons (Fsp3) is 0.0952. The zero-order valence-corrected chi connectivity index (χ0v) is 17.7. The molecule has 31 heavy (non-hydrogen) atoms. The number of sulfonamides is 1. The molecule has 8 nitrogen and oxygen atoms in total. The summed E-state index contributed by atoms with van der Waals surface area (Å²) in [5.41, 5.74) is 1.49. The van der Waals surface area contributed by atoms with Crippen LogP contribution < -0.4 is 10.5 Å². The zero-order chi connectivity index (χ0) is 22.2. The number of carbonyl (C=O) groups is 3. The molecule has 3 aromatic rings. The van der Waals surface area contributed by atoms with E-state index in [-0.39, 0.29) is 34.0 Å². The zero-order valence-electron chi connectivity index (χ0n) is 16.1. The third-order valence-electron chi connectivity index (χ3n) is 4.76. The number of nitrogens with zero attached hydrogens (tertiary/aromatic N) is 1. The van der Waals surface area contributed by atoms with Crippen LogP contribution in [-0.4, -0.2) is 31.0 Å². The van der Waals surface area contributed by atoms with Crippen molar-refractivity contribution >= 4 is 39.1 Å². The number of hydrogen-bond donors (Lipinski definition) is 2. The van der Waals surface area contributed by atoms with Crippen molar-refractivity contribution in [2.45, 2.75) is 17.3 Å². The second-order valence-corrected chi connectivity index (χ2v) is 9.85. The van der Waals surface area contributed by atoms with E-state index in [9.17, 15) is 22.8 Å². The average molecular weight is 456 g/mol. The van der Waals surface area contributed by atoms with E-state index in [4.69, 9.17) is 5.14 Å². The largest absolute Gasteiger partial charge is 0.347 e. The number of fused-ring (bicyclic) bond motifs is 1. The predicted molar refractivity (Wildman–Crippen MR) is 114 cm³/mol. The number of rotatable bonds is 6. The van der Waals surface area contributed by atoms with E-state index >= 15 is 0 Å². The van der Waals surface area contributed by atoms with Crippen molar-refractivity contribution in [3.8, 4) is 0 Å². The topological polar surface area (TPSA) is 127 Å². The Labute approximate surface area is 182 Å². The molecule has 2 aromatic carbocycles. The lowest BCUT2D eigenvalue weighted by Crippen LogP contribution is -2.29. The van der Waals surface area contributed by atoms with Crippen molar-refractivity contribution in [3.63, 3.8) is 0 Å². The minimum atomic E-state index is -3.79. The van der Waals surface area contributed by atoms with E-state index < -0.39 is 27.7 Å². The smallest absolute Gasteiger partial charge is 0.261 e. The van der Waals surface area contributed by atoms with Crippen molar-refractivity contribution in [3.05, 3.63) is 87.8 Å². The molecule has 0 saturated heterocycles. The van der Waals surface area contributed by atoms with Crippen LogP contribution in [0.4, 0.5) is 0 Å². The van der Waals surface area contributed by atoms with Gasteiger partial charge in [-0.25, -0.2) is 13.6 Å². The summed E-state index contributed by atoms with van der Waals surface area (Å²) in [6, 6.07) is 16.5. The van der Waals surface area contributed by atoms with Gasteiger partial charge >= 0.3 is 0 Å². The highest BCUT2D eigenvalue weighted by Crippen LogP contribution is 2.26. The van der Waals surface area contributed by atoms with E-state index in [1.165, 1.54) is 24.3 Å². The number of hydrogen-bond acceptors (Lipinski definition) is 6. The Kier molecular flexibility index (Phi) is 5.44. The highest BCUT2D eigenvalue weighted by Gasteiger charge is 2.36. The van der Waals surface area contributed by atoms with Crippen LogP contribution in [0, 0.1) is 0 Å². The summed E-state index contributed by atoms with van der Waals surface area (Å²) in [7, 11) is -3.79. The minimum absolute atomic E-state index is 0.0110. The number of amides is 3. The number of benzene rings is 2. The molecule has 1 aliphatic rings. The first-order valence-electron chi connectivity index (χ1n) is 9.18. The van der Waals surface area contributed by atoms with Gasteiger partial charge in [-0.05, 0) is 35.9 Å². The van der Waals surface area contributed by atoms with E-state index in [0.29, 0.717) is 4.88 Å². The van der Waals surface area contributed by atoms with Gasteiger partial charge in [0.1, 0.15) is 4.21 Å². The molecule has 3 N–H and O–H groups in total. The second kappa shape index (κ2) is 8.06. The summed E-state index contributed by atoms with van der Waals surface area (Å²) >= 11 is 0.966. The molecule has 0 saturated carbocycles. The van der Waals surface area contributed by atoms with E-state index in [2.05, 4.69) is 5.32 Å². The maximum absolute atomic E-state index is 12.8. The van der Waals surface area contributed by atoms with Crippen molar-refractivity contribution in [1.82, 2.24) is 10.2 Å². The van der Waals surface area contributed by atoms with Crippen molar-refractivity contribution < 1.29 is 22.8 Å². The molecule has 0 fully saturated rings. The summed E-state index contributed by atoms with van der Waals surface area (Å²) in [4.78, 5) is 39.7. The molecule has 0 spiro atoms. The lowest BCUT2D eigenvalue weighted by molar-refractivity contribution is 0.0642. The number of carbonyl (C=O) groups excluding carboxylic acids is 3. The Morgan fingerprint density at radius 3 is 2.35 bits per heavy atom. The van der Waals surface area contributed by atoms with Crippen molar-refractivity contribution in [1.29, 1.82) is 0 Å². The molecule has 1 aromatic heterocycles. The first-order valence-corrected chi connectivity index (χ1v) is 11.5. The lowest BCUT2D eigenvalue weighted by atomic mass is 10.1. The summed E-state index contributed by atoms with van der Waals surface area (Å²) in [6.07, 6.45) is 0. The number of thiophene rings is 1. The van der Waals surface area contributed by atoms with Crippen LogP contribution in [0.2, 0.25) is 0 Å². The Bertz CT molecular complexity index is 1300. The fourth-order valence-electron chi connectivity index (χ4n) is 3.22. The molecule has 1 aliphatic heterocycles. The third-order valence-corrected chi connectivity index (χ3v) is 7.28. The molecule has 10 heteroatoms. The van der Waals surface area contributed by atoms with Crippen LogP contribution in [0.1, 0.15) is 41.5 Å². The molecular formula is C21H17N3O5S2.